The maximum absolute atomic E-state index is 11.5. The second-order valence-electron chi connectivity index (χ2n) is 3.90. The standard InChI is InChI=1S/C10H18O3S3/c1-4-5-6-7-14-16-15-9(13)10(2,3)8(11)12/h4-7H2,1-3H3,(H,11,12). The van der Waals surface area contributed by atoms with Gasteiger partial charge in [0.2, 0.25) is 5.12 Å². The molecule has 0 saturated carbocycles. The number of hydrogen-bond donors (Lipinski definition) is 1. The molecule has 0 aliphatic carbocycles. The first-order valence-electron chi connectivity index (χ1n) is 5.17. The summed E-state index contributed by atoms with van der Waals surface area (Å²) < 4.78 is 0. The van der Waals surface area contributed by atoms with Crippen molar-refractivity contribution in [3.8, 4) is 0 Å². The minimum absolute atomic E-state index is 0.298. The largest absolute Gasteiger partial charge is 0.480 e. The van der Waals surface area contributed by atoms with Gasteiger partial charge >= 0.3 is 5.97 Å². The van der Waals surface area contributed by atoms with Crippen LogP contribution in [-0.2, 0) is 9.59 Å². The maximum atomic E-state index is 11.5. The molecular formula is C10H18O3S3. The zero-order valence-corrected chi connectivity index (χ0v) is 12.3. The van der Waals surface area contributed by atoms with Crippen LogP contribution in [0.2, 0.25) is 0 Å². The average molecular weight is 282 g/mol. The quantitative estimate of drug-likeness (QED) is 0.415. The molecule has 0 aliphatic heterocycles. The Kier molecular flexibility index (Phi) is 8.40. The lowest BCUT2D eigenvalue weighted by Crippen LogP contribution is -2.30. The molecule has 0 aromatic heterocycles. The monoisotopic (exact) mass is 282 g/mol. The van der Waals surface area contributed by atoms with Crippen LogP contribution in [0.1, 0.15) is 40.0 Å². The Morgan fingerprint density at radius 1 is 1.25 bits per heavy atom. The van der Waals surface area contributed by atoms with Gasteiger partial charge in [0.05, 0.1) is 0 Å². The van der Waals surface area contributed by atoms with Gasteiger partial charge in [-0.25, -0.2) is 0 Å². The van der Waals surface area contributed by atoms with E-state index in [0.29, 0.717) is 0 Å². The predicted octanol–water partition coefficient (Wildman–Crippen LogP) is 3.84. The number of aliphatic carboxylic acids is 1. The lowest BCUT2D eigenvalue weighted by atomic mass is 9.96. The lowest BCUT2D eigenvalue weighted by molar-refractivity contribution is -0.149. The topological polar surface area (TPSA) is 54.4 Å². The number of carboxylic acids is 1. The summed E-state index contributed by atoms with van der Waals surface area (Å²) >= 11 is 0. The zero-order valence-electron chi connectivity index (χ0n) is 9.82. The van der Waals surface area contributed by atoms with E-state index >= 15 is 0 Å². The Hall–Kier alpha value is 0.190. The van der Waals surface area contributed by atoms with E-state index in [0.717, 1.165) is 23.0 Å². The highest BCUT2D eigenvalue weighted by Gasteiger charge is 2.36. The third-order valence-electron chi connectivity index (χ3n) is 2.03. The molecule has 0 unspecified atom stereocenters. The lowest BCUT2D eigenvalue weighted by Gasteiger charge is -2.15. The van der Waals surface area contributed by atoms with Crippen molar-refractivity contribution < 1.29 is 14.7 Å². The van der Waals surface area contributed by atoms with Crippen molar-refractivity contribution in [3.05, 3.63) is 0 Å². The molecular weight excluding hydrogens is 264 g/mol. The third kappa shape index (κ3) is 6.06. The molecule has 1 N–H and O–H groups in total. The first kappa shape index (κ1) is 16.2. The molecule has 0 aromatic rings. The molecule has 0 radical (unpaired) electrons. The fourth-order valence-electron chi connectivity index (χ4n) is 0.691. The molecule has 6 heteroatoms. The van der Waals surface area contributed by atoms with E-state index in [-0.39, 0.29) is 5.12 Å². The van der Waals surface area contributed by atoms with Crippen molar-refractivity contribution in [2.75, 3.05) is 5.75 Å². The smallest absolute Gasteiger partial charge is 0.317 e. The van der Waals surface area contributed by atoms with E-state index in [1.54, 1.807) is 10.8 Å². The van der Waals surface area contributed by atoms with Gasteiger partial charge in [-0.15, -0.1) is 0 Å². The average Bonchev–Trinajstić information content (AvgIpc) is 2.22. The van der Waals surface area contributed by atoms with Crippen LogP contribution in [0.5, 0.6) is 0 Å². The van der Waals surface area contributed by atoms with Crippen molar-refractivity contribution in [2.24, 2.45) is 5.41 Å². The molecule has 0 bridgehead atoms. The van der Waals surface area contributed by atoms with Crippen LogP contribution in [0.4, 0.5) is 0 Å². The molecule has 0 amide bonds. The van der Waals surface area contributed by atoms with Gasteiger partial charge in [0.25, 0.3) is 0 Å². The van der Waals surface area contributed by atoms with Crippen molar-refractivity contribution in [1.29, 1.82) is 0 Å². The molecule has 0 spiro atoms. The summed E-state index contributed by atoms with van der Waals surface area (Å²) in [6.45, 7) is 5.02. The van der Waals surface area contributed by atoms with E-state index < -0.39 is 11.4 Å². The van der Waals surface area contributed by atoms with Crippen LogP contribution in [-0.4, -0.2) is 21.9 Å². The fraction of sp³-hybridized carbons (Fsp3) is 0.800. The van der Waals surface area contributed by atoms with Crippen molar-refractivity contribution >= 4 is 42.5 Å². The Balaban J connectivity index is 3.70. The van der Waals surface area contributed by atoms with Gasteiger partial charge in [0.15, 0.2) is 0 Å². The second-order valence-corrected chi connectivity index (χ2v) is 8.06. The third-order valence-corrected chi connectivity index (χ3v) is 6.24. The van der Waals surface area contributed by atoms with Crippen molar-refractivity contribution in [2.45, 2.75) is 40.0 Å². The van der Waals surface area contributed by atoms with E-state index in [1.807, 2.05) is 0 Å². The minimum Gasteiger partial charge on any atom is -0.480 e. The summed E-state index contributed by atoms with van der Waals surface area (Å²) in [5, 5.41) is 8.54. The summed E-state index contributed by atoms with van der Waals surface area (Å²) in [7, 11) is 4.02. The van der Waals surface area contributed by atoms with Crippen LogP contribution < -0.4 is 0 Å². The number of hydrogen-bond acceptors (Lipinski definition) is 5. The normalized spacial score (nSPS) is 11.4. The second kappa shape index (κ2) is 8.31. The van der Waals surface area contributed by atoms with Crippen molar-refractivity contribution in [1.82, 2.24) is 0 Å². The summed E-state index contributed by atoms with van der Waals surface area (Å²) in [4.78, 5) is 22.3. The molecule has 0 fully saturated rings. The van der Waals surface area contributed by atoms with Gasteiger partial charge in [-0.1, -0.05) is 30.6 Å². The SMILES string of the molecule is CCCCCSSSC(=O)C(C)(C)C(=O)O. The van der Waals surface area contributed by atoms with Crippen LogP contribution in [0.3, 0.4) is 0 Å². The maximum Gasteiger partial charge on any atom is 0.317 e. The summed E-state index contributed by atoms with van der Waals surface area (Å²) in [5.41, 5.74) is -1.29. The number of carboxylic acid groups (broad SMARTS) is 1. The molecule has 0 saturated heterocycles. The van der Waals surface area contributed by atoms with Crippen molar-refractivity contribution in [3.63, 3.8) is 0 Å². The zero-order chi connectivity index (χ0) is 12.6. The summed E-state index contributed by atoms with van der Waals surface area (Å²) in [6, 6.07) is 0. The summed E-state index contributed by atoms with van der Waals surface area (Å²) in [5.74, 6) is -0.0617. The van der Waals surface area contributed by atoms with E-state index in [9.17, 15) is 9.59 Å². The molecule has 94 valence electrons. The van der Waals surface area contributed by atoms with Gasteiger partial charge < -0.3 is 5.11 Å². The van der Waals surface area contributed by atoms with Gasteiger partial charge in [-0.05, 0) is 40.9 Å². The van der Waals surface area contributed by atoms with Crippen LogP contribution in [0.25, 0.3) is 0 Å². The molecule has 0 aliphatic rings. The number of unbranched alkanes of at least 4 members (excludes halogenated alkanes) is 2. The Morgan fingerprint density at radius 3 is 2.38 bits per heavy atom. The Bertz CT molecular complexity index is 241. The van der Waals surface area contributed by atoms with Gasteiger partial charge in [0.1, 0.15) is 5.41 Å². The number of carbonyl (C=O) groups excluding carboxylic acids is 1. The summed E-state index contributed by atoms with van der Waals surface area (Å²) in [6.07, 6.45) is 3.53. The first-order valence-corrected chi connectivity index (χ1v) is 8.82. The van der Waals surface area contributed by atoms with Crippen LogP contribution >= 0.6 is 31.4 Å². The highest BCUT2D eigenvalue weighted by Crippen LogP contribution is 2.40. The Morgan fingerprint density at radius 2 is 1.88 bits per heavy atom. The molecule has 0 heterocycles. The van der Waals surface area contributed by atoms with Gasteiger partial charge in [-0.2, -0.15) is 0 Å². The molecule has 0 atom stereocenters. The minimum atomic E-state index is -1.29. The van der Waals surface area contributed by atoms with Crippen LogP contribution in [0, 0.1) is 5.41 Å². The highest BCUT2D eigenvalue weighted by molar-refractivity contribution is 9.12. The van der Waals surface area contributed by atoms with E-state index in [2.05, 4.69) is 6.92 Å². The van der Waals surface area contributed by atoms with Gasteiger partial charge in [-0.3, -0.25) is 9.59 Å². The van der Waals surface area contributed by atoms with Crippen LogP contribution in [0.15, 0.2) is 0 Å². The van der Waals surface area contributed by atoms with E-state index in [4.69, 9.17) is 5.11 Å². The van der Waals surface area contributed by atoms with E-state index in [1.165, 1.54) is 36.5 Å². The molecule has 0 rings (SSSR count). The number of rotatable bonds is 8. The Labute approximate surface area is 108 Å². The molecule has 0 aromatic carbocycles. The fourth-order valence-corrected chi connectivity index (χ4v) is 4.60. The predicted molar refractivity (Wildman–Crippen MR) is 73.6 cm³/mol. The first-order chi connectivity index (χ1) is 7.42. The van der Waals surface area contributed by atoms with Gasteiger partial charge in [0, 0.05) is 5.75 Å². The highest BCUT2D eigenvalue weighted by atomic mass is 33.5. The number of carbonyl (C=O) groups is 2. The molecule has 3 nitrogen and oxygen atoms in total. The molecule has 16 heavy (non-hydrogen) atoms.